The van der Waals surface area contributed by atoms with Crippen LogP contribution in [0.3, 0.4) is 0 Å². The van der Waals surface area contributed by atoms with Crippen LogP contribution in [-0.4, -0.2) is 25.9 Å². The lowest BCUT2D eigenvalue weighted by Gasteiger charge is -2.08. The monoisotopic (exact) mass is 412 g/mol. The van der Waals surface area contributed by atoms with Gasteiger partial charge in [-0.15, -0.1) is 10.2 Å². The van der Waals surface area contributed by atoms with E-state index in [2.05, 4.69) is 45.0 Å². The van der Waals surface area contributed by atoms with Crippen LogP contribution in [0.2, 0.25) is 0 Å². The van der Waals surface area contributed by atoms with E-state index in [1.54, 1.807) is 12.1 Å². The van der Waals surface area contributed by atoms with Crippen LogP contribution in [0, 0.1) is 13.8 Å². The Bertz CT molecular complexity index is 1150. The van der Waals surface area contributed by atoms with Crippen molar-refractivity contribution in [3.63, 3.8) is 0 Å². The van der Waals surface area contributed by atoms with Gasteiger partial charge in [0.1, 0.15) is 5.82 Å². The highest BCUT2D eigenvalue weighted by Crippen LogP contribution is 2.17. The van der Waals surface area contributed by atoms with Gasteiger partial charge in [0, 0.05) is 23.5 Å². The van der Waals surface area contributed by atoms with E-state index >= 15 is 0 Å². The van der Waals surface area contributed by atoms with Crippen molar-refractivity contribution in [3.8, 4) is 0 Å². The molecule has 0 aliphatic rings. The number of hydrogen-bond donors (Lipinski definition) is 2. The third kappa shape index (κ3) is 4.95. The molecule has 2 heterocycles. The Morgan fingerprint density at radius 2 is 1.61 bits per heavy atom. The second-order valence-corrected chi connectivity index (χ2v) is 7.27. The SMILES string of the molecule is Cc1nn(Cc2ccccc2)c(C)c1CNc1ccc(C(=O)Nc2ccccc2)nn1. The third-order valence-electron chi connectivity index (χ3n) is 5.08. The summed E-state index contributed by atoms with van der Waals surface area (Å²) in [6, 6.07) is 23.0. The summed E-state index contributed by atoms with van der Waals surface area (Å²) in [6.07, 6.45) is 0. The smallest absolute Gasteiger partial charge is 0.276 e. The minimum absolute atomic E-state index is 0.262. The van der Waals surface area contributed by atoms with Crippen molar-refractivity contribution >= 4 is 17.4 Å². The molecule has 0 spiro atoms. The van der Waals surface area contributed by atoms with Crippen LogP contribution in [0.1, 0.15) is 33.0 Å². The van der Waals surface area contributed by atoms with Gasteiger partial charge in [0.15, 0.2) is 5.69 Å². The van der Waals surface area contributed by atoms with Crippen molar-refractivity contribution in [2.24, 2.45) is 0 Å². The molecule has 2 aromatic carbocycles. The van der Waals surface area contributed by atoms with Gasteiger partial charge >= 0.3 is 0 Å². The molecule has 1 amide bonds. The molecule has 2 aromatic heterocycles. The number of aryl methyl sites for hydroxylation is 1. The summed E-state index contributed by atoms with van der Waals surface area (Å²) in [4.78, 5) is 12.3. The van der Waals surface area contributed by atoms with Gasteiger partial charge in [-0.3, -0.25) is 9.48 Å². The van der Waals surface area contributed by atoms with Crippen LogP contribution in [0.15, 0.2) is 72.8 Å². The summed E-state index contributed by atoms with van der Waals surface area (Å²) in [6.45, 7) is 5.39. The van der Waals surface area contributed by atoms with Gasteiger partial charge in [-0.05, 0) is 43.7 Å². The molecule has 0 saturated carbocycles. The average Bonchev–Trinajstić information content (AvgIpc) is 3.06. The number of carbonyl (C=O) groups excluding carboxylic acids is 1. The van der Waals surface area contributed by atoms with E-state index in [1.807, 2.05) is 60.1 Å². The van der Waals surface area contributed by atoms with E-state index < -0.39 is 0 Å². The first kappa shape index (κ1) is 20.3. The maximum atomic E-state index is 12.3. The topological polar surface area (TPSA) is 84.7 Å². The number of carbonyl (C=O) groups is 1. The van der Waals surface area contributed by atoms with Crippen LogP contribution < -0.4 is 10.6 Å². The second-order valence-electron chi connectivity index (χ2n) is 7.27. The van der Waals surface area contributed by atoms with Gasteiger partial charge in [-0.1, -0.05) is 48.5 Å². The number of nitrogens with one attached hydrogen (secondary N) is 2. The molecule has 0 unspecified atom stereocenters. The van der Waals surface area contributed by atoms with Crippen molar-refractivity contribution in [3.05, 3.63) is 101 Å². The molecular formula is C24H24N6O. The zero-order valence-corrected chi connectivity index (χ0v) is 17.5. The first-order chi connectivity index (χ1) is 15.1. The Kier molecular flexibility index (Phi) is 6.03. The van der Waals surface area contributed by atoms with Crippen LogP contribution in [0.4, 0.5) is 11.5 Å². The Morgan fingerprint density at radius 1 is 0.903 bits per heavy atom. The van der Waals surface area contributed by atoms with Gasteiger partial charge in [-0.2, -0.15) is 5.10 Å². The predicted octanol–water partition coefficient (Wildman–Crippen LogP) is 4.20. The number of hydrogen-bond acceptors (Lipinski definition) is 5. The Balaban J connectivity index is 1.39. The number of nitrogens with zero attached hydrogens (tertiary/aromatic N) is 4. The molecule has 2 N–H and O–H groups in total. The number of aromatic nitrogens is 4. The minimum Gasteiger partial charge on any atom is -0.364 e. The van der Waals surface area contributed by atoms with Gasteiger partial charge in [0.25, 0.3) is 5.91 Å². The summed E-state index contributed by atoms with van der Waals surface area (Å²) >= 11 is 0. The van der Waals surface area contributed by atoms with Gasteiger partial charge in [-0.25, -0.2) is 0 Å². The fourth-order valence-electron chi connectivity index (χ4n) is 3.34. The Hall–Kier alpha value is -4.00. The molecule has 7 heteroatoms. The average molecular weight is 412 g/mol. The summed E-state index contributed by atoms with van der Waals surface area (Å²) in [7, 11) is 0. The maximum absolute atomic E-state index is 12.3. The zero-order chi connectivity index (χ0) is 21.6. The highest BCUT2D eigenvalue weighted by molar-refractivity contribution is 6.02. The van der Waals surface area contributed by atoms with Gasteiger partial charge in [0.05, 0.1) is 12.2 Å². The van der Waals surface area contributed by atoms with Gasteiger partial charge < -0.3 is 10.6 Å². The molecule has 31 heavy (non-hydrogen) atoms. The van der Waals surface area contributed by atoms with E-state index in [0.29, 0.717) is 12.4 Å². The lowest BCUT2D eigenvalue weighted by atomic mass is 10.2. The first-order valence-corrected chi connectivity index (χ1v) is 10.1. The lowest BCUT2D eigenvalue weighted by molar-refractivity contribution is 0.102. The van der Waals surface area contributed by atoms with Crippen molar-refractivity contribution in [2.75, 3.05) is 10.6 Å². The van der Waals surface area contributed by atoms with Crippen molar-refractivity contribution in [1.29, 1.82) is 0 Å². The summed E-state index contributed by atoms with van der Waals surface area (Å²) in [5.41, 5.74) is 5.41. The number of benzene rings is 2. The quantitative estimate of drug-likeness (QED) is 0.475. The van der Waals surface area contributed by atoms with Gasteiger partial charge in [0.2, 0.25) is 0 Å². The summed E-state index contributed by atoms with van der Waals surface area (Å²) in [5, 5.41) is 18.9. The van der Waals surface area contributed by atoms with Crippen LogP contribution in [-0.2, 0) is 13.1 Å². The molecule has 0 bridgehead atoms. The molecule has 0 radical (unpaired) electrons. The van der Waals surface area contributed by atoms with Crippen LogP contribution in [0.5, 0.6) is 0 Å². The van der Waals surface area contributed by atoms with E-state index in [9.17, 15) is 4.79 Å². The molecule has 156 valence electrons. The first-order valence-electron chi connectivity index (χ1n) is 10.1. The lowest BCUT2D eigenvalue weighted by Crippen LogP contribution is -2.15. The number of para-hydroxylation sites is 1. The largest absolute Gasteiger partial charge is 0.364 e. The normalized spacial score (nSPS) is 10.6. The number of rotatable bonds is 7. The molecule has 0 aliphatic carbocycles. The number of amides is 1. The molecule has 0 aliphatic heterocycles. The molecule has 4 aromatic rings. The predicted molar refractivity (Wildman–Crippen MR) is 121 cm³/mol. The van der Waals surface area contributed by atoms with E-state index in [0.717, 1.165) is 29.2 Å². The molecular weight excluding hydrogens is 388 g/mol. The molecule has 7 nitrogen and oxygen atoms in total. The third-order valence-corrected chi connectivity index (χ3v) is 5.08. The highest BCUT2D eigenvalue weighted by atomic mass is 16.1. The fraction of sp³-hybridized carbons (Fsp3) is 0.167. The molecule has 4 rings (SSSR count). The summed E-state index contributed by atoms with van der Waals surface area (Å²) in [5.74, 6) is 0.310. The second kappa shape index (κ2) is 9.21. The van der Waals surface area contributed by atoms with E-state index in [1.165, 1.54) is 5.56 Å². The number of anilines is 2. The molecule has 0 saturated heterocycles. The standard InChI is InChI=1S/C24H24N6O/c1-17-21(18(2)30(29-17)16-19-9-5-3-6-10-19)15-25-23-14-13-22(27-28-23)24(31)26-20-11-7-4-8-12-20/h3-14H,15-16H2,1-2H3,(H,25,28)(H,26,31). The van der Waals surface area contributed by atoms with Crippen LogP contribution >= 0.6 is 0 Å². The molecule has 0 fully saturated rings. The van der Waals surface area contributed by atoms with Crippen molar-refractivity contribution < 1.29 is 4.79 Å². The minimum atomic E-state index is -0.292. The Morgan fingerprint density at radius 3 is 2.29 bits per heavy atom. The fourth-order valence-corrected chi connectivity index (χ4v) is 3.34. The maximum Gasteiger partial charge on any atom is 0.276 e. The summed E-state index contributed by atoms with van der Waals surface area (Å²) < 4.78 is 2.02. The van der Waals surface area contributed by atoms with Crippen molar-refractivity contribution in [1.82, 2.24) is 20.0 Å². The molecule has 0 atom stereocenters. The van der Waals surface area contributed by atoms with Crippen LogP contribution in [0.25, 0.3) is 0 Å². The zero-order valence-electron chi connectivity index (χ0n) is 17.5. The Labute approximate surface area is 181 Å². The van der Waals surface area contributed by atoms with E-state index in [-0.39, 0.29) is 11.6 Å². The van der Waals surface area contributed by atoms with E-state index in [4.69, 9.17) is 0 Å². The highest BCUT2D eigenvalue weighted by Gasteiger charge is 2.13. The van der Waals surface area contributed by atoms with Crippen molar-refractivity contribution in [2.45, 2.75) is 26.9 Å².